The molecule has 8 nitrogen and oxygen atoms in total. The van der Waals surface area contributed by atoms with Gasteiger partial charge in [-0.25, -0.2) is 0 Å². The number of amides is 2. The van der Waals surface area contributed by atoms with Gasteiger partial charge in [-0.15, -0.1) is 0 Å². The molecule has 1 saturated heterocycles. The molecule has 1 unspecified atom stereocenters. The van der Waals surface area contributed by atoms with Crippen LogP contribution in [0.3, 0.4) is 0 Å². The van der Waals surface area contributed by atoms with Crippen molar-refractivity contribution >= 4 is 23.2 Å². The molecule has 2 amide bonds. The van der Waals surface area contributed by atoms with E-state index in [9.17, 15) is 19.7 Å². The number of carbonyl (C=O) groups excluding carboxylic acids is 2. The van der Waals surface area contributed by atoms with Gasteiger partial charge in [0.2, 0.25) is 11.8 Å². The SMILES string of the molecule is CCC1C(=O)NC(=O)CN1Cc1cc([N+](=O)[O-])ccc1N. The van der Waals surface area contributed by atoms with Gasteiger partial charge < -0.3 is 5.73 Å². The highest BCUT2D eigenvalue weighted by molar-refractivity contribution is 6.01. The van der Waals surface area contributed by atoms with Crippen LogP contribution in [-0.4, -0.2) is 34.2 Å². The van der Waals surface area contributed by atoms with E-state index < -0.39 is 11.0 Å². The Morgan fingerprint density at radius 3 is 2.81 bits per heavy atom. The molecule has 1 aliphatic rings. The lowest BCUT2D eigenvalue weighted by molar-refractivity contribution is -0.384. The predicted molar refractivity (Wildman–Crippen MR) is 75.1 cm³/mol. The Morgan fingerprint density at radius 1 is 1.48 bits per heavy atom. The zero-order valence-electron chi connectivity index (χ0n) is 11.5. The molecule has 0 aromatic heterocycles. The van der Waals surface area contributed by atoms with Crippen LogP contribution in [0, 0.1) is 10.1 Å². The summed E-state index contributed by atoms with van der Waals surface area (Å²) in [5, 5.41) is 13.1. The third-order valence-electron chi connectivity index (χ3n) is 3.45. The monoisotopic (exact) mass is 292 g/mol. The fourth-order valence-corrected chi connectivity index (χ4v) is 2.39. The lowest BCUT2D eigenvalue weighted by Crippen LogP contribution is -2.57. The summed E-state index contributed by atoms with van der Waals surface area (Å²) in [7, 11) is 0. The maximum Gasteiger partial charge on any atom is 0.269 e. The number of benzene rings is 1. The second kappa shape index (κ2) is 5.88. The van der Waals surface area contributed by atoms with Crippen molar-refractivity contribution in [3.8, 4) is 0 Å². The first-order valence-corrected chi connectivity index (χ1v) is 6.53. The summed E-state index contributed by atoms with van der Waals surface area (Å²) in [5.41, 5.74) is 6.69. The van der Waals surface area contributed by atoms with Crippen LogP contribution in [0.5, 0.6) is 0 Å². The highest BCUT2D eigenvalue weighted by Crippen LogP contribution is 2.23. The van der Waals surface area contributed by atoms with Crippen molar-refractivity contribution in [2.45, 2.75) is 25.9 Å². The smallest absolute Gasteiger partial charge is 0.269 e. The minimum Gasteiger partial charge on any atom is -0.398 e. The van der Waals surface area contributed by atoms with Crippen molar-refractivity contribution in [1.29, 1.82) is 0 Å². The van der Waals surface area contributed by atoms with Crippen molar-refractivity contribution in [3.05, 3.63) is 33.9 Å². The molecule has 3 N–H and O–H groups in total. The topological polar surface area (TPSA) is 119 Å². The zero-order valence-corrected chi connectivity index (χ0v) is 11.5. The summed E-state index contributed by atoms with van der Waals surface area (Å²) in [6, 6.07) is 3.71. The van der Waals surface area contributed by atoms with Crippen LogP contribution in [0.25, 0.3) is 0 Å². The number of nitrogen functional groups attached to an aromatic ring is 1. The molecule has 1 fully saturated rings. The number of hydrogen-bond donors (Lipinski definition) is 2. The predicted octanol–water partition coefficient (Wildman–Crippen LogP) is 0.414. The fraction of sp³-hybridized carbons (Fsp3) is 0.385. The standard InChI is InChI=1S/C13H16N4O4/c1-2-11-13(19)15-12(18)7-16(11)6-8-5-9(17(20)21)3-4-10(8)14/h3-5,11H,2,6-7,14H2,1H3,(H,15,18,19). The molecule has 0 bridgehead atoms. The number of nitrogens with one attached hydrogen (secondary N) is 1. The number of non-ortho nitro benzene ring substituents is 1. The molecule has 0 saturated carbocycles. The zero-order chi connectivity index (χ0) is 15.6. The van der Waals surface area contributed by atoms with Crippen molar-refractivity contribution in [2.24, 2.45) is 0 Å². The number of rotatable bonds is 4. The van der Waals surface area contributed by atoms with Crippen LogP contribution in [0.1, 0.15) is 18.9 Å². The average molecular weight is 292 g/mol. The van der Waals surface area contributed by atoms with Crippen molar-refractivity contribution in [2.75, 3.05) is 12.3 Å². The molecular weight excluding hydrogens is 276 g/mol. The molecule has 0 spiro atoms. The number of nitro groups is 1. The summed E-state index contributed by atoms with van der Waals surface area (Å²) in [5.74, 6) is -0.730. The molecule has 2 rings (SSSR count). The van der Waals surface area contributed by atoms with Gasteiger partial charge >= 0.3 is 0 Å². The highest BCUT2D eigenvalue weighted by atomic mass is 16.6. The molecule has 21 heavy (non-hydrogen) atoms. The molecular formula is C13H16N4O4. The quantitative estimate of drug-likeness (QED) is 0.359. The molecule has 1 heterocycles. The fourth-order valence-electron chi connectivity index (χ4n) is 2.39. The van der Waals surface area contributed by atoms with Gasteiger partial charge in [-0.05, 0) is 18.1 Å². The third kappa shape index (κ3) is 3.16. The number of carbonyl (C=O) groups is 2. The van der Waals surface area contributed by atoms with Crippen molar-refractivity contribution in [1.82, 2.24) is 10.2 Å². The van der Waals surface area contributed by atoms with E-state index in [-0.39, 0.29) is 30.6 Å². The number of imide groups is 1. The molecule has 1 atom stereocenters. The minimum absolute atomic E-state index is 0.0619. The van der Waals surface area contributed by atoms with Crippen LogP contribution in [0.15, 0.2) is 18.2 Å². The average Bonchev–Trinajstić information content (AvgIpc) is 2.40. The molecule has 0 aliphatic carbocycles. The van der Waals surface area contributed by atoms with Crippen LogP contribution < -0.4 is 11.1 Å². The van der Waals surface area contributed by atoms with E-state index in [4.69, 9.17) is 5.73 Å². The van der Waals surface area contributed by atoms with Crippen LogP contribution in [0.2, 0.25) is 0 Å². The van der Waals surface area contributed by atoms with E-state index in [0.717, 1.165) is 0 Å². The van der Waals surface area contributed by atoms with Crippen LogP contribution in [-0.2, 0) is 16.1 Å². The summed E-state index contributed by atoms with van der Waals surface area (Å²) < 4.78 is 0. The van der Waals surface area contributed by atoms with Crippen molar-refractivity contribution in [3.63, 3.8) is 0 Å². The number of nitrogens with two attached hydrogens (primary N) is 1. The van der Waals surface area contributed by atoms with Crippen LogP contribution in [0.4, 0.5) is 11.4 Å². The Labute approximate surface area is 121 Å². The first kappa shape index (κ1) is 14.9. The van der Waals surface area contributed by atoms with E-state index in [0.29, 0.717) is 17.7 Å². The third-order valence-corrected chi connectivity index (χ3v) is 3.45. The van der Waals surface area contributed by atoms with Crippen LogP contribution >= 0.6 is 0 Å². The molecule has 1 aromatic carbocycles. The Balaban J connectivity index is 2.27. The Morgan fingerprint density at radius 2 is 2.19 bits per heavy atom. The van der Waals surface area contributed by atoms with Gasteiger partial charge in [-0.2, -0.15) is 0 Å². The van der Waals surface area contributed by atoms with Gasteiger partial charge in [0.05, 0.1) is 17.5 Å². The van der Waals surface area contributed by atoms with E-state index in [1.807, 2.05) is 6.92 Å². The maximum absolute atomic E-state index is 11.8. The first-order valence-electron chi connectivity index (χ1n) is 6.53. The van der Waals surface area contributed by atoms with E-state index in [1.54, 1.807) is 4.90 Å². The second-order valence-electron chi connectivity index (χ2n) is 4.88. The lowest BCUT2D eigenvalue weighted by atomic mass is 10.1. The summed E-state index contributed by atoms with van der Waals surface area (Å²) in [4.78, 5) is 35.3. The Hall–Kier alpha value is -2.48. The first-order chi connectivity index (χ1) is 9.92. The molecule has 112 valence electrons. The van der Waals surface area contributed by atoms with Gasteiger partial charge in [-0.3, -0.25) is 29.9 Å². The molecule has 0 radical (unpaired) electrons. The van der Waals surface area contributed by atoms with E-state index in [1.165, 1.54) is 18.2 Å². The second-order valence-corrected chi connectivity index (χ2v) is 4.88. The normalized spacial score (nSPS) is 19.4. The summed E-state index contributed by atoms with van der Waals surface area (Å²) in [6.07, 6.45) is 0.536. The minimum atomic E-state index is -0.506. The number of hydrogen-bond acceptors (Lipinski definition) is 6. The van der Waals surface area contributed by atoms with E-state index >= 15 is 0 Å². The van der Waals surface area contributed by atoms with Gasteiger partial charge in [0.1, 0.15) is 0 Å². The molecule has 1 aliphatic heterocycles. The van der Waals surface area contributed by atoms with Gasteiger partial charge in [-0.1, -0.05) is 6.92 Å². The Bertz CT molecular complexity index is 602. The largest absolute Gasteiger partial charge is 0.398 e. The van der Waals surface area contributed by atoms with E-state index in [2.05, 4.69) is 5.32 Å². The number of piperazine rings is 1. The summed E-state index contributed by atoms with van der Waals surface area (Å²) in [6.45, 7) is 2.11. The Kier molecular flexibility index (Phi) is 4.18. The van der Waals surface area contributed by atoms with Gasteiger partial charge in [0, 0.05) is 24.4 Å². The number of nitro benzene ring substituents is 1. The molecule has 8 heteroatoms. The van der Waals surface area contributed by atoms with Gasteiger partial charge in [0.15, 0.2) is 0 Å². The highest BCUT2D eigenvalue weighted by Gasteiger charge is 2.32. The van der Waals surface area contributed by atoms with Gasteiger partial charge in [0.25, 0.3) is 5.69 Å². The summed E-state index contributed by atoms with van der Waals surface area (Å²) >= 11 is 0. The lowest BCUT2D eigenvalue weighted by Gasteiger charge is -2.33. The number of nitrogens with zero attached hydrogens (tertiary/aromatic N) is 2. The van der Waals surface area contributed by atoms with Crippen molar-refractivity contribution < 1.29 is 14.5 Å². The maximum atomic E-state index is 11.8. The number of anilines is 1. The molecule has 1 aromatic rings.